The highest BCUT2D eigenvalue weighted by Gasteiger charge is 2.26. The van der Waals surface area contributed by atoms with E-state index in [9.17, 15) is 4.79 Å². The molecule has 1 aliphatic carbocycles. The Morgan fingerprint density at radius 3 is 2.46 bits per heavy atom. The van der Waals surface area contributed by atoms with Crippen molar-refractivity contribution in [3.8, 4) is 0 Å². The molecular weight excluding hydrogens is 164 g/mol. The van der Waals surface area contributed by atoms with Crippen LogP contribution in [0.4, 0.5) is 0 Å². The van der Waals surface area contributed by atoms with Crippen molar-refractivity contribution >= 4 is 5.97 Å². The van der Waals surface area contributed by atoms with E-state index in [2.05, 4.69) is 0 Å². The number of carboxylic acid groups (broad SMARTS) is 1. The van der Waals surface area contributed by atoms with Crippen molar-refractivity contribution < 1.29 is 9.90 Å². The van der Waals surface area contributed by atoms with Gasteiger partial charge in [0.05, 0.1) is 5.92 Å². The van der Waals surface area contributed by atoms with Crippen LogP contribution in [0, 0.1) is 11.8 Å². The molecule has 0 amide bonds. The molecule has 1 N–H and O–H groups in total. The van der Waals surface area contributed by atoms with E-state index in [4.69, 9.17) is 5.11 Å². The second-order valence-corrected chi connectivity index (χ2v) is 3.79. The van der Waals surface area contributed by atoms with Gasteiger partial charge in [-0.2, -0.15) is 0 Å². The van der Waals surface area contributed by atoms with Gasteiger partial charge in [0.1, 0.15) is 0 Å². The van der Waals surface area contributed by atoms with Crippen LogP contribution >= 0.6 is 0 Å². The molecule has 74 valence electrons. The first-order valence-corrected chi connectivity index (χ1v) is 5.11. The fourth-order valence-corrected chi connectivity index (χ4v) is 2.14. The smallest absolute Gasteiger partial charge is 0.310 e. The van der Waals surface area contributed by atoms with Crippen LogP contribution in [-0.2, 0) is 4.79 Å². The van der Waals surface area contributed by atoms with Crippen molar-refractivity contribution in [1.29, 1.82) is 0 Å². The maximum atomic E-state index is 10.9. The summed E-state index contributed by atoms with van der Waals surface area (Å²) in [5, 5.41) is 9.01. The van der Waals surface area contributed by atoms with Gasteiger partial charge in [-0.25, -0.2) is 0 Å². The minimum Gasteiger partial charge on any atom is -0.481 e. The van der Waals surface area contributed by atoms with Crippen LogP contribution in [-0.4, -0.2) is 11.1 Å². The Bertz CT molecular complexity index is 190. The number of carbonyl (C=O) groups is 1. The zero-order valence-electron chi connectivity index (χ0n) is 8.20. The molecule has 0 aliphatic heterocycles. The van der Waals surface area contributed by atoms with Gasteiger partial charge in [-0.3, -0.25) is 4.79 Å². The molecule has 1 rings (SSSR count). The van der Waals surface area contributed by atoms with Gasteiger partial charge in [0, 0.05) is 0 Å². The molecule has 0 aromatic carbocycles. The van der Waals surface area contributed by atoms with Crippen molar-refractivity contribution in [2.24, 2.45) is 11.8 Å². The summed E-state index contributed by atoms with van der Waals surface area (Å²) in [5.41, 5.74) is 0. The molecule has 1 atom stereocenters. The average molecular weight is 182 g/mol. The van der Waals surface area contributed by atoms with Crippen LogP contribution in [0.5, 0.6) is 0 Å². The highest BCUT2D eigenvalue weighted by Crippen LogP contribution is 2.30. The summed E-state index contributed by atoms with van der Waals surface area (Å²) in [6.07, 6.45) is 9.53. The fourth-order valence-electron chi connectivity index (χ4n) is 2.14. The molecular formula is C11H18O2. The second kappa shape index (κ2) is 5.05. The number of allylic oxidation sites excluding steroid dienone is 1. The fraction of sp³-hybridized carbons (Fsp3) is 0.727. The zero-order valence-corrected chi connectivity index (χ0v) is 8.20. The summed E-state index contributed by atoms with van der Waals surface area (Å²) in [5.74, 6) is -0.530. The highest BCUT2D eigenvalue weighted by molar-refractivity contribution is 5.72. The lowest BCUT2D eigenvalue weighted by molar-refractivity contribution is -0.142. The topological polar surface area (TPSA) is 37.3 Å². The molecule has 0 radical (unpaired) electrons. The zero-order chi connectivity index (χ0) is 9.68. The third kappa shape index (κ3) is 2.87. The maximum absolute atomic E-state index is 10.9. The van der Waals surface area contributed by atoms with E-state index in [0.717, 1.165) is 12.8 Å². The largest absolute Gasteiger partial charge is 0.481 e. The van der Waals surface area contributed by atoms with Gasteiger partial charge in [-0.05, 0) is 25.7 Å². The Balaban J connectivity index is 2.56. The monoisotopic (exact) mass is 182 g/mol. The molecule has 0 saturated heterocycles. The summed E-state index contributed by atoms with van der Waals surface area (Å²) in [6, 6.07) is 0. The van der Waals surface area contributed by atoms with Gasteiger partial charge >= 0.3 is 5.97 Å². The van der Waals surface area contributed by atoms with Crippen LogP contribution in [0.25, 0.3) is 0 Å². The number of hydrogen-bond acceptors (Lipinski definition) is 1. The van der Waals surface area contributed by atoms with Crippen molar-refractivity contribution in [2.75, 3.05) is 0 Å². The third-order valence-corrected chi connectivity index (χ3v) is 2.84. The molecule has 0 heterocycles. The Morgan fingerprint density at radius 2 is 2.00 bits per heavy atom. The molecule has 1 unspecified atom stereocenters. The van der Waals surface area contributed by atoms with Crippen molar-refractivity contribution in [1.82, 2.24) is 0 Å². The lowest BCUT2D eigenvalue weighted by Crippen LogP contribution is -2.23. The van der Waals surface area contributed by atoms with Crippen molar-refractivity contribution in [3.05, 3.63) is 12.2 Å². The Hall–Kier alpha value is -0.790. The normalized spacial score (nSPS) is 21.9. The van der Waals surface area contributed by atoms with Gasteiger partial charge in [0.25, 0.3) is 0 Å². The number of aliphatic carboxylic acids is 1. The summed E-state index contributed by atoms with van der Waals surface area (Å²) >= 11 is 0. The average Bonchev–Trinajstić information content (AvgIpc) is 2.15. The first-order chi connectivity index (χ1) is 6.25. The Labute approximate surface area is 79.6 Å². The van der Waals surface area contributed by atoms with Crippen LogP contribution in [0.3, 0.4) is 0 Å². The predicted octanol–water partition coefficient (Wildman–Crippen LogP) is 2.84. The molecule has 0 spiro atoms. The molecule has 1 aliphatic rings. The molecule has 2 nitrogen and oxygen atoms in total. The van der Waals surface area contributed by atoms with Gasteiger partial charge in [-0.15, -0.1) is 0 Å². The van der Waals surface area contributed by atoms with Crippen LogP contribution < -0.4 is 0 Å². The summed E-state index contributed by atoms with van der Waals surface area (Å²) < 4.78 is 0. The molecule has 1 saturated carbocycles. The van der Waals surface area contributed by atoms with Gasteiger partial charge in [0.15, 0.2) is 0 Å². The van der Waals surface area contributed by atoms with E-state index in [1.807, 2.05) is 19.1 Å². The minimum absolute atomic E-state index is 0.245. The minimum atomic E-state index is -0.662. The first-order valence-electron chi connectivity index (χ1n) is 5.11. The van der Waals surface area contributed by atoms with E-state index >= 15 is 0 Å². The number of rotatable bonds is 3. The molecule has 0 aromatic heterocycles. The van der Waals surface area contributed by atoms with Gasteiger partial charge in [0.2, 0.25) is 0 Å². The van der Waals surface area contributed by atoms with Gasteiger partial charge < -0.3 is 5.11 Å². The van der Waals surface area contributed by atoms with Crippen LogP contribution in [0.2, 0.25) is 0 Å². The van der Waals surface area contributed by atoms with E-state index in [1.165, 1.54) is 19.3 Å². The van der Waals surface area contributed by atoms with E-state index in [-0.39, 0.29) is 5.92 Å². The first kappa shape index (κ1) is 10.3. The Morgan fingerprint density at radius 1 is 1.38 bits per heavy atom. The Kier molecular flexibility index (Phi) is 4.00. The lowest BCUT2D eigenvalue weighted by Gasteiger charge is -2.25. The predicted molar refractivity (Wildman–Crippen MR) is 52.5 cm³/mol. The number of carboxylic acids is 1. The SMILES string of the molecule is C/C=C/C(C(=O)O)C1CCCCC1. The molecule has 0 bridgehead atoms. The highest BCUT2D eigenvalue weighted by atomic mass is 16.4. The van der Waals surface area contributed by atoms with Crippen LogP contribution in [0.1, 0.15) is 39.0 Å². The molecule has 13 heavy (non-hydrogen) atoms. The van der Waals surface area contributed by atoms with E-state index in [0.29, 0.717) is 5.92 Å². The second-order valence-electron chi connectivity index (χ2n) is 3.79. The molecule has 2 heteroatoms. The number of hydrogen-bond donors (Lipinski definition) is 1. The van der Waals surface area contributed by atoms with E-state index < -0.39 is 5.97 Å². The van der Waals surface area contributed by atoms with Gasteiger partial charge in [-0.1, -0.05) is 31.4 Å². The van der Waals surface area contributed by atoms with E-state index in [1.54, 1.807) is 0 Å². The van der Waals surface area contributed by atoms with Crippen molar-refractivity contribution in [2.45, 2.75) is 39.0 Å². The lowest BCUT2D eigenvalue weighted by atomic mass is 9.80. The summed E-state index contributed by atoms with van der Waals surface area (Å²) in [4.78, 5) is 10.9. The van der Waals surface area contributed by atoms with Crippen molar-refractivity contribution in [3.63, 3.8) is 0 Å². The molecule has 0 aromatic rings. The third-order valence-electron chi connectivity index (χ3n) is 2.84. The standard InChI is InChI=1S/C11H18O2/c1-2-6-10(11(12)13)9-7-4-3-5-8-9/h2,6,9-10H,3-5,7-8H2,1H3,(H,12,13)/b6-2+. The van der Waals surface area contributed by atoms with Crippen LogP contribution in [0.15, 0.2) is 12.2 Å². The summed E-state index contributed by atoms with van der Waals surface area (Å²) in [6.45, 7) is 1.89. The maximum Gasteiger partial charge on any atom is 0.310 e. The summed E-state index contributed by atoms with van der Waals surface area (Å²) in [7, 11) is 0. The quantitative estimate of drug-likeness (QED) is 0.681. The molecule has 1 fully saturated rings.